The van der Waals surface area contributed by atoms with E-state index in [1.54, 1.807) is 9.80 Å². The number of thioether (sulfide) groups is 1. The first-order chi connectivity index (χ1) is 14.6. The number of hydrogen-bond donors (Lipinski definition) is 1. The number of carbonyl (C=O) groups is 3. The Labute approximate surface area is 187 Å². The van der Waals surface area contributed by atoms with Crippen LogP contribution in [0.4, 0.5) is 0 Å². The number of nitrogens with zero attached hydrogens (tertiary/aromatic N) is 2. The molecular formula is C23H32N2O5S. The third kappa shape index (κ3) is 3.09. The predicted octanol–water partition coefficient (Wildman–Crippen LogP) is 1.61. The van der Waals surface area contributed by atoms with Crippen molar-refractivity contribution < 1.29 is 24.2 Å². The summed E-state index contributed by atoms with van der Waals surface area (Å²) in [5.74, 6) is -2.22. The molecule has 0 saturated carbocycles. The highest BCUT2D eigenvalue weighted by Gasteiger charge is 2.74. The Morgan fingerprint density at radius 1 is 1.13 bits per heavy atom. The fraction of sp³-hybridized carbons (Fsp3) is 0.696. The Morgan fingerprint density at radius 3 is 2.45 bits per heavy atom. The molecule has 0 aromatic carbocycles. The van der Waals surface area contributed by atoms with Crippen LogP contribution in [0.2, 0.25) is 0 Å². The maximum Gasteiger partial charge on any atom is 0.311 e. The third-order valence-corrected chi connectivity index (χ3v) is 9.02. The van der Waals surface area contributed by atoms with Crippen LogP contribution in [-0.4, -0.2) is 80.1 Å². The smallest absolute Gasteiger partial charge is 0.311 e. The van der Waals surface area contributed by atoms with Crippen molar-refractivity contribution in [2.24, 2.45) is 17.8 Å². The molecule has 0 aliphatic carbocycles. The molecule has 0 aromatic heterocycles. The molecule has 0 bridgehead atoms. The van der Waals surface area contributed by atoms with E-state index in [-0.39, 0.29) is 37.0 Å². The molecule has 7 nitrogen and oxygen atoms in total. The summed E-state index contributed by atoms with van der Waals surface area (Å²) in [5.41, 5.74) is 0. The van der Waals surface area contributed by atoms with Crippen LogP contribution in [0, 0.1) is 17.8 Å². The Bertz CT molecular complexity index is 855. The van der Waals surface area contributed by atoms with Crippen LogP contribution in [-0.2, 0) is 19.1 Å². The zero-order valence-electron chi connectivity index (χ0n) is 18.8. The Kier molecular flexibility index (Phi) is 5.53. The van der Waals surface area contributed by atoms with E-state index < -0.39 is 39.4 Å². The second-order valence-corrected chi connectivity index (χ2v) is 11.5. The largest absolute Gasteiger partial charge is 0.461 e. The maximum absolute atomic E-state index is 14.0. The number of hydrogen-bond acceptors (Lipinski definition) is 6. The Hall–Kier alpha value is -1.80. The molecule has 2 saturated heterocycles. The molecule has 6 atom stereocenters. The van der Waals surface area contributed by atoms with Gasteiger partial charge in [-0.15, -0.1) is 11.8 Å². The number of esters is 1. The average molecular weight is 449 g/mol. The van der Waals surface area contributed by atoms with Gasteiger partial charge in [0, 0.05) is 17.3 Å². The van der Waals surface area contributed by atoms with Crippen molar-refractivity contribution in [3.05, 3.63) is 24.3 Å². The van der Waals surface area contributed by atoms with E-state index in [1.165, 1.54) is 11.8 Å². The zero-order chi connectivity index (χ0) is 22.7. The number of amides is 2. The minimum Gasteiger partial charge on any atom is -0.461 e. The van der Waals surface area contributed by atoms with Gasteiger partial charge >= 0.3 is 5.97 Å². The summed E-state index contributed by atoms with van der Waals surface area (Å²) in [6, 6.07) is -1.32. The molecule has 2 amide bonds. The predicted molar refractivity (Wildman–Crippen MR) is 118 cm³/mol. The number of cyclic esters (lactones) is 1. The van der Waals surface area contributed by atoms with Gasteiger partial charge in [-0.25, -0.2) is 0 Å². The Morgan fingerprint density at radius 2 is 1.84 bits per heavy atom. The summed E-state index contributed by atoms with van der Waals surface area (Å²) in [6.45, 7) is 10.2. The van der Waals surface area contributed by atoms with Gasteiger partial charge in [0.25, 0.3) is 0 Å². The standard InChI is InChI=1S/C23H32N2O5S/c1-13(2)15(12-26)25-18-20(28)24(14(3)4)10-6-9-23(18)16(19(25)27)17-21(29)30-11-7-8-22(17,5)31-23/h6-9,13-18,26H,10-12H2,1-5H3/t15-,16-,17-,18?,22+,23-/m0/s1. The lowest BCUT2D eigenvalue weighted by Crippen LogP contribution is -2.58. The van der Waals surface area contributed by atoms with Crippen LogP contribution in [0.1, 0.15) is 34.6 Å². The first kappa shape index (κ1) is 22.4. The third-order valence-electron chi connectivity index (χ3n) is 7.22. The quantitative estimate of drug-likeness (QED) is 0.519. The number of fused-ring (bicyclic) bond motifs is 2. The molecule has 0 aromatic rings. The van der Waals surface area contributed by atoms with E-state index in [4.69, 9.17) is 4.74 Å². The summed E-state index contributed by atoms with van der Waals surface area (Å²) < 4.78 is 3.88. The highest BCUT2D eigenvalue weighted by molar-refractivity contribution is 8.02. The minimum absolute atomic E-state index is 0.0349. The van der Waals surface area contributed by atoms with Gasteiger partial charge in [-0.2, -0.15) is 0 Å². The summed E-state index contributed by atoms with van der Waals surface area (Å²) in [5, 5.41) is 10.2. The fourth-order valence-electron chi connectivity index (χ4n) is 5.75. The van der Waals surface area contributed by atoms with E-state index >= 15 is 0 Å². The summed E-state index contributed by atoms with van der Waals surface area (Å²) in [6.07, 6.45) is 7.74. The van der Waals surface area contributed by atoms with Crippen molar-refractivity contribution in [2.45, 2.75) is 62.2 Å². The van der Waals surface area contributed by atoms with Crippen LogP contribution >= 0.6 is 11.8 Å². The molecule has 8 heteroatoms. The fourth-order valence-corrected chi connectivity index (χ4v) is 7.89. The molecule has 1 N–H and O–H groups in total. The number of carbonyl (C=O) groups excluding carboxylic acids is 3. The van der Waals surface area contributed by atoms with Gasteiger partial charge in [-0.05, 0) is 32.8 Å². The first-order valence-corrected chi connectivity index (χ1v) is 11.9. The average Bonchev–Trinajstić information content (AvgIpc) is 2.93. The topological polar surface area (TPSA) is 87.2 Å². The second kappa shape index (κ2) is 7.66. The summed E-state index contributed by atoms with van der Waals surface area (Å²) >= 11 is 1.53. The van der Waals surface area contributed by atoms with Crippen molar-refractivity contribution in [1.82, 2.24) is 9.80 Å². The molecule has 1 spiro atoms. The van der Waals surface area contributed by atoms with E-state index in [2.05, 4.69) is 0 Å². The minimum atomic E-state index is -0.889. The van der Waals surface area contributed by atoms with Crippen molar-refractivity contribution in [3.8, 4) is 0 Å². The van der Waals surface area contributed by atoms with Gasteiger partial charge in [-0.1, -0.05) is 32.1 Å². The highest BCUT2D eigenvalue weighted by Crippen LogP contribution is 2.65. The lowest BCUT2D eigenvalue weighted by molar-refractivity contribution is -0.153. The van der Waals surface area contributed by atoms with Gasteiger partial charge in [0.1, 0.15) is 12.6 Å². The van der Waals surface area contributed by atoms with Crippen LogP contribution in [0.25, 0.3) is 0 Å². The van der Waals surface area contributed by atoms with E-state index in [9.17, 15) is 19.5 Å². The van der Waals surface area contributed by atoms with E-state index in [0.717, 1.165) is 0 Å². The number of likely N-dealkylation sites (tertiary alicyclic amines) is 1. The number of aliphatic hydroxyl groups is 1. The van der Waals surface area contributed by atoms with Gasteiger partial charge in [0.05, 0.1) is 29.2 Å². The normalized spacial score (nSPS) is 38.2. The molecule has 4 rings (SSSR count). The summed E-state index contributed by atoms with van der Waals surface area (Å²) in [7, 11) is 0. The van der Waals surface area contributed by atoms with Crippen molar-refractivity contribution in [3.63, 3.8) is 0 Å². The van der Waals surface area contributed by atoms with Crippen LogP contribution in [0.15, 0.2) is 24.3 Å². The van der Waals surface area contributed by atoms with Crippen LogP contribution in [0.3, 0.4) is 0 Å². The highest BCUT2D eigenvalue weighted by atomic mass is 32.2. The van der Waals surface area contributed by atoms with Gasteiger partial charge in [0.2, 0.25) is 11.8 Å². The molecule has 0 radical (unpaired) electrons. The van der Waals surface area contributed by atoms with E-state index in [0.29, 0.717) is 6.54 Å². The number of rotatable bonds is 4. The van der Waals surface area contributed by atoms with Gasteiger partial charge in [0.15, 0.2) is 0 Å². The lowest BCUT2D eigenvalue weighted by atomic mass is 9.75. The first-order valence-electron chi connectivity index (χ1n) is 11.0. The van der Waals surface area contributed by atoms with E-state index in [1.807, 2.05) is 58.9 Å². The molecular weight excluding hydrogens is 416 g/mol. The lowest BCUT2D eigenvalue weighted by Gasteiger charge is -2.41. The van der Waals surface area contributed by atoms with Crippen molar-refractivity contribution in [1.29, 1.82) is 0 Å². The van der Waals surface area contributed by atoms with Crippen LogP contribution in [0.5, 0.6) is 0 Å². The molecule has 2 fully saturated rings. The molecule has 1 unspecified atom stereocenters. The van der Waals surface area contributed by atoms with Gasteiger partial charge < -0.3 is 19.6 Å². The number of aliphatic hydroxyl groups excluding tert-OH is 1. The van der Waals surface area contributed by atoms with Crippen LogP contribution < -0.4 is 0 Å². The molecule has 4 heterocycles. The zero-order valence-corrected chi connectivity index (χ0v) is 19.6. The molecule has 170 valence electrons. The Balaban J connectivity index is 1.93. The number of ether oxygens (including phenoxy) is 1. The molecule has 31 heavy (non-hydrogen) atoms. The van der Waals surface area contributed by atoms with Crippen molar-refractivity contribution in [2.75, 3.05) is 19.8 Å². The molecule has 4 aliphatic rings. The summed E-state index contributed by atoms with van der Waals surface area (Å²) in [4.78, 5) is 44.4. The van der Waals surface area contributed by atoms with Crippen molar-refractivity contribution >= 4 is 29.5 Å². The SMILES string of the molecule is CC(C)[C@H](CO)N1C(=O)[C@@H]2[C@H]3C(=O)OCC=C[C@@]3(C)S[C@@]23C=CCN(C(C)C)C(=O)C13. The second-order valence-electron chi connectivity index (χ2n) is 9.76. The maximum atomic E-state index is 14.0. The molecule has 4 aliphatic heterocycles. The van der Waals surface area contributed by atoms with Gasteiger partial charge in [-0.3, -0.25) is 14.4 Å². The monoisotopic (exact) mass is 448 g/mol.